The van der Waals surface area contributed by atoms with Gasteiger partial charge in [0.15, 0.2) is 0 Å². The van der Waals surface area contributed by atoms with Gasteiger partial charge in [0.25, 0.3) is 0 Å². The summed E-state index contributed by atoms with van der Waals surface area (Å²) in [5.74, 6) is 1.61. The first kappa shape index (κ1) is 16.4. The Morgan fingerprint density at radius 1 is 1.18 bits per heavy atom. The van der Waals surface area contributed by atoms with Crippen molar-refractivity contribution in [2.45, 2.75) is 39.9 Å². The van der Waals surface area contributed by atoms with Crippen molar-refractivity contribution in [1.82, 2.24) is 15.1 Å². The minimum absolute atomic E-state index is 0.234. The van der Waals surface area contributed by atoms with Crippen molar-refractivity contribution < 1.29 is 9.47 Å². The number of aromatic nitrogens is 2. The predicted octanol–water partition coefficient (Wildman–Crippen LogP) is 3.08. The van der Waals surface area contributed by atoms with Crippen LogP contribution in [0.3, 0.4) is 0 Å². The van der Waals surface area contributed by atoms with Crippen molar-refractivity contribution in [3.05, 3.63) is 41.2 Å². The molecular weight excluding hydrogens is 278 g/mol. The van der Waals surface area contributed by atoms with E-state index in [-0.39, 0.29) is 6.04 Å². The minimum Gasteiger partial charge on any atom is -0.497 e. The van der Waals surface area contributed by atoms with Crippen molar-refractivity contribution in [2.24, 2.45) is 0 Å². The molecule has 1 atom stereocenters. The van der Waals surface area contributed by atoms with Crippen LogP contribution in [0.5, 0.6) is 11.5 Å². The van der Waals surface area contributed by atoms with Gasteiger partial charge < -0.3 is 14.8 Å². The first-order valence-electron chi connectivity index (χ1n) is 7.56. The Balaban J connectivity index is 2.07. The Bertz CT molecular complexity index is 600. The first-order chi connectivity index (χ1) is 10.6. The number of methoxy groups -OCH3 is 2. The molecule has 1 unspecified atom stereocenters. The number of hydrogen-bond donors (Lipinski definition) is 1. The molecule has 0 saturated heterocycles. The Morgan fingerprint density at radius 3 is 2.32 bits per heavy atom. The van der Waals surface area contributed by atoms with Crippen LogP contribution in [-0.2, 0) is 13.1 Å². The van der Waals surface area contributed by atoms with Crippen LogP contribution in [0.4, 0.5) is 0 Å². The number of benzene rings is 1. The summed E-state index contributed by atoms with van der Waals surface area (Å²) >= 11 is 0. The average Bonchev–Trinajstić information content (AvgIpc) is 2.92. The summed E-state index contributed by atoms with van der Waals surface area (Å²) in [6, 6.07) is 6.15. The summed E-state index contributed by atoms with van der Waals surface area (Å²) < 4.78 is 12.6. The van der Waals surface area contributed by atoms with E-state index in [1.54, 1.807) is 14.2 Å². The Hall–Kier alpha value is -2.01. The van der Waals surface area contributed by atoms with Gasteiger partial charge in [-0.2, -0.15) is 5.10 Å². The van der Waals surface area contributed by atoms with Crippen LogP contribution in [0.1, 0.15) is 36.7 Å². The van der Waals surface area contributed by atoms with E-state index in [2.05, 4.69) is 31.2 Å². The standard InChI is InChI=1S/C17H25N3O2/c1-6-20-13(3)17(11-19-20)12(2)18-10-14-7-15(21-4)9-16(8-14)22-5/h7-9,11-12,18H,6,10H2,1-5H3. The fraction of sp³-hybridized carbons (Fsp3) is 0.471. The molecule has 0 radical (unpaired) electrons. The topological polar surface area (TPSA) is 48.3 Å². The van der Waals surface area contributed by atoms with Gasteiger partial charge in [0.2, 0.25) is 0 Å². The number of rotatable bonds is 7. The lowest BCUT2D eigenvalue weighted by Gasteiger charge is -2.15. The van der Waals surface area contributed by atoms with E-state index in [0.29, 0.717) is 0 Å². The van der Waals surface area contributed by atoms with Crippen LogP contribution in [0.25, 0.3) is 0 Å². The monoisotopic (exact) mass is 303 g/mol. The van der Waals surface area contributed by atoms with Gasteiger partial charge in [0.05, 0.1) is 20.4 Å². The SMILES string of the molecule is CCn1ncc(C(C)NCc2cc(OC)cc(OC)c2)c1C. The summed E-state index contributed by atoms with van der Waals surface area (Å²) in [7, 11) is 3.33. The summed E-state index contributed by atoms with van der Waals surface area (Å²) in [5.41, 5.74) is 3.58. The highest BCUT2D eigenvalue weighted by Crippen LogP contribution is 2.23. The molecule has 1 aromatic heterocycles. The molecule has 5 heteroatoms. The van der Waals surface area contributed by atoms with Gasteiger partial charge in [-0.05, 0) is 38.5 Å². The maximum absolute atomic E-state index is 5.30. The van der Waals surface area contributed by atoms with E-state index in [4.69, 9.17) is 9.47 Å². The second-order valence-corrected chi connectivity index (χ2v) is 5.32. The van der Waals surface area contributed by atoms with E-state index in [9.17, 15) is 0 Å². The Kier molecular flexibility index (Phi) is 5.44. The van der Waals surface area contributed by atoms with Crippen molar-refractivity contribution >= 4 is 0 Å². The van der Waals surface area contributed by atoms with Crippen molar-refractivity contribution in [1.29, 1.82) is 0 Å². The third-order valence-corrected chi connectivity index (χ3v) is 3.93. The number of ether oxygens (including phenoxy) is 2. The minimum atomic E-state index is 0.234. The van der Waals surface area contributed by atoms with Crippen LogP contribution in [0.2, 0.25) is 0 Å². The highest BCUT2D eigenvalue weighted by Gasteiger charge is 2.12. The zero-order valence-corrected chi connectivity index (χ0v) is 14.0. The van der Waals surface area contributed by atoms with Crippen LogP contribution < -0.4 is 14.8 Å². The van der Waals surface area contributed by atoms with E-state index in [0.717, 1.165) is 30.2 Å². The third kappa shape index (κ3) is 3.60. The van der Waals surface area contributed by atoms with Crippen LogP contribution in [0.15, 0.2) is 24.4 Å². The lowest BCUT2D eigenvalue weighted by atomic mass is 10.1. The van der Waals surface area contributed by atoms with Gasteiger partial charge in [0, 0.05) is 36.5 Å². The molecule has 22 heavy (non-hydrogen) atoms. The van der Waals surface area contributed by atoms with E-state index >= 15 is 0 Å². The molecule has 2 rings (SSSR count). The summed E-state index contributed by atoms with van der Waals surface area (Å²) in [4.78, 5) is 0. The van der Waals surface area contributed by atoms with E-state index in [1.807, 2.05) is 29.1 Å². The normalized spacial score (nSPS) is 12.2. The maximum atomic E-state index is 5.30. The highest BCUT2D eigenvalue weighted by atomic mass is 16.5. The quantitative estimate of drug-likeness (QED) is 0.854. The molecule has 0 amide bonds. The largest absolute Gasteiger partial charge is 0.497 e. The van der Waals surface area contributed by atoms with Crippen LogP contribution in [-0.4, -0.2) is 24.0 Å². The first-order valence-corrected chi connectivity index (χ1v) is 7.56. The van der Waals surface area contributed by atoms with Gasteiger partial charge in [-0.1, -0.05) is 0 Å². The van der Waals surface area contributed by atoms with Crippen molar-refractivity contribution in [2.75, 3.05) is 14.2 Å². The number of aryl methyl sites for hydroxylation is 1. The van der Waals surface area contributed by atoms with Crippen LogP contribution >= 0.6 is 0 Å². The van der Waals surface area contributed by atoms with Gasteiger partial charge in [-0.3, -0.25) is 4.68 Å². The molecule has 5 nitrogen and oxygen atoms in total. The molecule has 0 aliphatic heterocycles. The fourth-order valence-electron chi connectivity index (χ4n) is 2.55. The Morgan fingerprint density at radius 2 is 1.82 bits per heavy atom. The smallest absolute Gasteiger partial charge is 0.122 e. The molecule has 0 spiro atoms. The molecular formula is C17H25N3O2. The van der Waals surface area contributed by atoms with E-state index < -0.39 is 0 Å². The number of nitrogens with one attached hydrogen (secondary N) is 1. The molecule has 0 saturated carbocycles. The summed E-state index contributed by atoms with van der Waals surface area (Å²) in [6.45, 7) is 8.00. The van der Waals surface area contributed by atoms with Gasteiger partial charge in [0.1, 0.15) is 11.5 Å². The average molecular weight is 303 g/mol. The molecule has 120 valence electrons. The zero-order valence-electron chi connectivity index (χ0n) is 14.0. The number of nitrogens with zero attached hydrogens (tertiary/aromatic N) is 2. The van der Waals surface area contributed by atoms with Gasteiger partial charge >= 0.3 is 0 Å². The predicted molar refractivity (Wildman–Crippen MR) is 87.4 cm³/mol. The molecule has 0 aliphatic carbocycles. The third-order valence-electron chi connectivity index (χ3n) is 3.93. The van der Waals surface area contributed by atoms with Crippen LogP contribution in [0, 0.1) is 6.92 Å². The van der Waals surface area contributed by atoms with Crippen molar-refractivity contribution in [3.63, 3.8) is 0 Å². The van der Waals surface area contributed by atoms with Gasteiger partial charge in [-0.15, -0.1) is 0 Å². The molecule has 2 aromatic rings. The Labute approximate surface area is 132 Å². The second-order valence-electron chi connectivity index (χ2n) is 5.32. The molecule has 1 aromatic carbocycles. The highest BCUT2D eigenvalue weighted by molar-refractivity contribution is 5.38. The summed E-state index contributed by atoms with van der Waals surface area (Å²) in [6.07, 6.45) is 1.95. The molecule has 1 N–H and O–H groups in total. The van der Waals surface area contributed by atoms with E-state index in [1.165, 1.54) is 11.3 Å². The fourth-order valence-corrected chi connectivity index (χ4v) is 2.55. The van der Waals surface area contributed by atoms with Crippen molar-refractivity contribution in [3.8, 4) is 11.5 Å². The molecule has 0 fully saturated rings. The summed E-state index contributed by atoms with van der Waals surface area (Å²) in [5, 5.41) is 7.93. The molecule has 0 bridgehead atoms. The molecule has 0 aliphatic rings. The maximum Gasteiger partial charge on any atom is 0.122 e. The molecule has 1 heterocycles. The number of hydrogen-bond acceptors (Lipinski definition) is 4. The van der Waals surface area contributed by atoms with Gasteiger partial charge in [-0.25, -0.2) is 0 Å². The zero-order chi connectivity index (χ0) is 16.1. The lowest BCUT2D eigenvalue weighted by Crippen LogP contribution is -2.18. The second kappa shape index (κ2) is 7.31. The lowest BCUT2D eigenvalue weighted by molar-refractivity contribution is 0.392.